The maximum atomic E-state index is 13.1. The van der Waals surface area contributed by atoms with Gasteiger partial charge in [-0.1, -0.05) is 59.6 Å². The normalized spacial score (nSPS) is 17.1. The Hall–Kier alpha value is -4.38. The SMILES string of the molecule is COc1cc(-c2cccc(-c3cccc(NC(=O)c4cn(C)c(=O)n(C)c4=O)c3Cl)c2Cl)cc2c1CC(NC[C@@H]1CCC(=O)N1)C2. The van der Waals surface area contributed by atoms with Crippen molar-refractivity contribution in [3.05, 3.63) is 102 Å². The summed E-state index contributed by atoms with van der Waals surface area (Å²) >= 11 is 13.9. The van der Waals surface area contributed by atoms with Gasteiger partial charge in [0.25, 0.3) is 11.5 Å². The smallest absolute Gasteiger partial charge is 0.330 e. The zero-order valence-corrected chi connectivity index (χ0v) is 27.1. The number of benzene rings is 3. The topological polar surface area (TPSA) is 123 Å². The lowest BCUT2D eigenvalue weighted by Gasteiger charge is -2.16. The standard InChI is InChI=1S/C34H33Cl2N5O5/c1-40-17-26(33(44)41(2)34(40)45)32(43)39-27-9-5-8-24(31(27)36)23-7-4-6-22(30(23)35)19-12-18-13-21(15-25(18)28(14-19)46-3)37-16-20-10-11-29(42)38-20/h4-9,12,14,17,20-21,37H,10-11,13,15-16H2,1-3H3,(H,38,42)(H,39,43)/t20-,21?/m0/s1. The maximum absolute atomic E-state index is 13.1. The van der Waals surface area contributed by atoms with E-state index in [9.17, 15) is 19.2 Å². The molecular formula is C34H33Cl2N5O5. The molecule has 0 spiro atoms. The van der Waals surface area contributed by atoms with E-state index in [4.69, 9.17) is 27.9 Å². The molecule has 1 fully saturated rings. The van der Waals surface area contributed by atoms with Crippen LogP contribution in [0.4, 0.5) is 5.69 Å². The van der Waals surface area contributed by atoms with Crippen molar-refractivity contribution in [2.75, 3.05) is 19.0 Å². The molecule has 2 atom stereocenters. The number of hydrogen-bond acceptors (Lipinski definition) is 6. The van der Waals surface area contributed by atoms with E-state index in [1.807, 2.05) is 24.3 Å². The molecule has 4 aromatic rings. The number of carbonyl (C=O) groups excluding carboxylic acids is 2. The highest BCUT2D eigenvalue weighted by atomic mass is 35.5. The minimum absolute atomic E-state index is 0.109. The van der Waals surface area contributed by atoms with Gasteiger partial charge in [-0.2, -0.15) is 0 Å². The van der Waals surface area contributed by atoms with Crippen LogP contribution in [-0.2, 0) is 31.7 Å². The number of rotatable bonds is 8. The summed E-state index contributed by atoms with van der Waals surface area (Å²) in [6, 6.07) is 15.4. The molecule has 3 aromatic carbocycles. The second-order valence-corrected chi connectivity index (χ2v) is 12.5. The van der Waals surface area contributed by atoms with Gasteiger partial charge in [0, 0.05) is 62.0 Å². The molecule has 3 N–H and O–H groups in total. The van der Waals surface area contributed by atoms with Crippen molar-refractivity contribution in [1.82, 2.24) is 19.8 Å². The summed E-state index contributed by atoms with van der Waals surface area (Å²) < 4.78 is 7.86. The number of nitrogens with zero attached hydrogens (tertiary/aromatic N) is 2. The molecule has 0 saturated carbocycles. The van der Waals surface area contributed by atoms with Crippen LogP contribution in [0.3, 0.4) is 0 Å². The average molecular weight is 663 g/mol. The summed E-state index contributed by atoms with van der Waals surface area (Å²) in [6.07, 6.45) is 4.28. The van der Waals surface area contributed by atoms with Crippen LogP contribution in [0.15, 0.2) is 64.3 Å². The molecule has 2 heterocycles. The van der Waals surface area contributed by atoms with Gasteiger partial charge in [-0.25, -0.2) is 4.79 Å². The highest BCUT2D eigenvalue weighted by Crippen LogP contribution is 2.43. The molecule has 2 amide bonds. The van der Waals surface area contributed by atoms with Crippen LogP contribution in [0.2, 0.25) is 10.0 Å². The number of ether oxygens (including phenoxy) is 1. The first kappa shape index (κ1) is 31.6. The molecule has 238 valence electrons. The van der Waals surface area contributed by atoms with Gasteiger partial charge in [-0.05, 0) is 48.1 Å². The molecule has 1 aliphatic heterocycles. The van der Waals surface area contributed by atoms with Crippen molar-refractivity contribution >= 4 is 40.7 Å². The lowest BCUT2D eigenvalue weighted by Crippen LogP contribution is -2.40. The highest BCUT2D eigenvalue weighted by Gasteiger charge is 2.28. The van der Waals surface area contributed by atoms with E-state index in [0.29, 0.717) is 22.6 Å². The Morgan fingerprint density at radius 1 is 1.00 bits per heavy atom. The van der Waals surface area contributed by atoms with Crippen LogP contribution >= 0.6 is 23.2 Å². The summed E-state index contributed by atoms with van der Waals surface area (Å²) in [5.74, 6) is 0.207. The Balaban J connectivity index is 1.27. The fourth-order valence-electron chi connectivity index (χ4n) is 6.28. The highest BCUT2D eigenvalue weighted by molar-refractivity contribution is 6.39. The van der Waals surface area contributed by atoms with Gasteiger partial charge in [-0.15, -0.1) is 0 Å². The van der Waals surface area contributed by atoms with E-state index in [1.54, 1.807) is 25.3 Å². The molecule has 46 heavy (non-hydrogen) atoms. The maximum Gasteiger partial charge on any atom is 0.330 e. The Kier molecular flexibility index (Phi) is 8.78. The lowest BCUT2D eigenvalue weighted by molar-refractivity contribution is -0.119. The van der Waals surface area contributed by atoms with Gasteiger partial charge in [0.05, 0.1) is 22.8 Å². The molecule has 1 aromatic heterocycles. The van der Waals surface area contributed by atoms with Crippen molar-refractivity contribution in [3.63, 3.8) is 0 Å². The zero-order chi connectivity index (χ0) is 32.7. The lowest BCUT2D eigenvalue weighted by atomic mass is 9.95. The first-order valence-corrected chi connectivity index (χ1v) is 15.7. The van der Waals surface area contributed by atoms with Gasteiger partial charge < -0.3 is 25.3 Å². The Morgan fingerprint density at radius 2 is 1.72 bits per heavy atom. The molecule has 2 aliphatic rings. The summed E-state index contributed by atoms with van der Waals surface area (Å²) in [6.45, 7) is 0.732. The van der Waals surface area contributed by atoms with E-state index in [1.165, 1.54) is 30.4 Å². The van der Waals surface area contributed by atoms with Gasteiger partial charge in [-0.3, -0.25) is 19.0 Å². The predicted molar refractivity (Wildman–Crippen MR) is 179 cm³/mol. The number of halogens is 2. The van der Waals surface area contributed by atoms with Crippen molar-refractivity contribution in [1.29, 1.82) is 0 Å². The first-order chi connectivity index (χ1) is 22.0. The second-order valence-electron chi connectivity index (χ2n) is 11.7. The van der Waals surface area contributed by atoms with E-state index in [2.05, 4.69) is 22.0 Å². The third-order valence-electron chi connectivity index (χ3n) is 8.71. The number of anilines is 1. The van der Waals surface area contributed by atoms with Crippen LogP contribution in [0.5, 0.6) is 5.75 Å². The monoisotopic (exact) mass is 661 g/mol. The summed E-state index contributed by atoms with van der Waals surface area (Å²) in [5.41, 5.74) is 4.13. The number of aromatic nitrogens is 2. The number of aryl methyl sites for hydroxylation is 1. The Labute approximate surface area is 275 Å². The van der Waals surface area contributed by atoms with Gasteiger partial charge >= 0.3 is 5.69 Å². The average Bonchev–Trinajstić information content (AvgIpc) is 3.66. The fourth-order valence-corrected chi connectivity index (χ4v) is 6.89. The molecule has 0 bridgehead atoms. The summed E-state index contributed by atoms with van der Waals surface area (Å²) in [7, 11) is 4.44. The van der Waals surface area contributed by atoms with Gasteiger partial charge in [0.1, 0.15) is 11.3 Å². The van der Waals surface area contributed by atoms with E-state index in [-0.39, 0.29) is 34.3 Å². The van der Waals surface area contributed by atoms with E-state index in [0.717, 1.165) is 52.8 Å². The summed E-state index contributed by atoms with van der Waals surface area (Å²) in [5, 5.41) is 10.1. The van der Waals surface area contributed by atoms with Crippen LogP contribution in [-0.4, -0.2) is 46.7 Å². The van der Waals surface area contributed by atoms with Gasteiger partial charge in [0.15, 0.2) is 0 Å². The van der Waals surface area contributed by atoms with Crippen LogP contribution in [0, 0.1) is 0 Å². The zero-order valence-electron chi connectivity index (χ0n) is 25.6. The summed E-state index contributed by atoms with van der Waals surface area (Å²) in [4.78, 5) is 49.4. The minimum Gasteiger partial charge on any atom is -0.496 e. The van der Waals surface area contributed by atoms with Crippen molar-refractivity contribution in [2.45, 2.75) is 37.8 Å². The number of methoxy groups -OCH3 is 1. The van der Waals surface area contributed by atoms with E-state index < -0.39 is 17.2 Å². The number of hydrogen-bond donors (Lipinski definition) is 3. The first-order valence-electron chi connectivity index (χ1n) is 14.9. The molecule has 1 unspecified atom stereocenters. The van der Waals surface area contributed by atoms with Crippen molar-refractivity contribution in [2.24, 2.45) is 14.1 Å². The number of carbonyl (C=O) groups is 2. The molecule has 12 heteroatoms. The van der Waals surface area contributed by atoms with Crippen LogP contribution < -0.4 is 31.9 Å². The molecule has 0 radical (unpaired) electrons. The number of nitrogens with one attached hydrogen (secondary N) is 3. The third-order valence-corrected chi connectivity index (χ3v) is 9.53. The molecular weight excluding hydrogens is 629 g/mol. The van der Waals surface area contributed by atoms with Crippen molar-refractivity contribution in [3.8, 4) is 28.0 Å². The van der Waals surface area contributed by atoms with Gasteiger partial charge in [0.2, 0.25) is 5.91 Å². The largest absolute Gasteiger partial charge is 0.496 e. The van der Waals surface area contributed by atoms with Crippen molar-refractivity contribution < 1.29 is 14.3 Å². The fraction of sp³-hybridized carbons (Fsp3) is 0.294. The molecule has 10 nitrogen and oxygen atoms in total. The molecule has 1 aliphatic carbocycles. The molecule has 1 saturated heterocycles. The number of amides is 2. The van der Waals surface area contributed by atoms with E-state index >= 15 is 0 Å². The Morgan fingerprint density at radius 3 is 2.43 bits per heavy atom. The predicted octanol–water partition coefficient (Wildman–Crippen LogP) is 4.32. The molecule has 6 rings (SSSR count). The second kappa shape index (κ2) is 12.8. The van der Waals surface area contributed by atoms with Crippen LogP contribution in [0.1, 0.15) is 34.3 Å². The third kappa shape index (κ3) is 5.95. The minimum atomic E-state index is -0.710. The quantitative estimate of drug-likeness (QED) is 0.258. The Bertz CT molecular complexity index is 2000. The van der Waals surface area contributed by atoms with Crippen LogP contribution in [0.25, 0.3) is 22.3 Å². The number of fused-ring (bicyclic) bond motifs is 1.